The van der Waals surface area contributed by atoms with Crippen LogP contribution in [-0.4, -0.2) is 26.1 Å². The summed E-state index contributed by atoms with van der Waals surface area (Å²) in [7, 11) is 3.36. The number of para-hydroxylation sites is 2. The number of nitrogens with zero attached hydrogens (tertiary/aromatic N) is 1. The summed E-state index contributed by atoms with van der Waals surface area (Å²) in [4.78, 5) is 26.3. The third kappa shape index (κ3) is 5.61. The van der Waals surface area contributed by atoms with Crippen molar-refractivity contribution in [3.8, 4) is 5.75 Å². The Bertz CT molecular complexity index is 988. The van der Waals surface area contributed by atoms with Gasteiger partial charge in [-0.2, -0.15) is 0 Å². The molecule has 0 unspecified atom stereocenters. The smallest absolute Gasteiger partial charge is 0.319 e. The highest BCUT2D eigenvalue weighted by atomic mass is 16.5. The largest absolute Gasteiger partial charge is 0.496 e. The van der Waals surface area contributed by atoms with E-state index in [0.29, 0.717) is 12.2 Å². The molecule has 154 valence electrons. The number of methoxy groups -OCH3 is 1. The lowest BCUT2D eigenvalue weighted by molar-refractivity contribution is -0.117. The number of carbonyl (C=O) groups is 2. The van der Waals surface area contributed by atoms with Gasteiger partial charge in [0.1, 0.15) is 5.75 Å². The fourth-order valence-corrected chi connectivity index (χ4v) is 2.99. The molecule has 0 fully saturated rings. The number of urea groups is 1. The Labute approximate surface area is 176 Å². The van der Waals surface area contributed by atoms with Crippen LogP contribution in [0.5, 0.6) is 5.75 Å². The lowest BCUT2D eigenvalue weighted by atomic mass is 10.1. The van der Waals surface area contributed by atoms with Gasteiger partial charge in [0.15, 0.2) is 0 Å². The van der Waals surface area contributed by atoms with E-state index in [1.54, 1.807) is 31.2 Å². The molecule has 0 spiro atoms. The lowest BCUT2D eigenvalue weighted by Gasteiger charge is -2.17. The molecule has 3 aromatic rings. The van der Waals surface area contributed by atoms with Crippen molar-refractivity contribution in [2.24, 2.45) is 0 Å². The van der Waals surface area contributed by atoms with Gasteiger partial charge in [-0.1, -0.05) is 48.5 Å². The normalized spacial score (nSPS) is 10.2. The summed E-state index contributed by atoms with van der Waals surface area (Å²) >= 11 is 0. The van der Waals surface area contributed by atoms with Gasteiger partial charge in [-0.05, 0) is 35.9 Å². The molecular formula is C24H25N3O3. The molecule has 2 N–H and O–H groups in total. The van der Waals surface area contributed by atoms with Crippen LogP contribution in [0.15, 0.2) is 78.9 Å². The van der Waals surface area contributed by atoms with Gasteiger partial charge < -0.3 is 20.3 Å². The Morgan fingerprint density at radius 1 is 0.900 bits per heavy atom. The second-order valence-electron chi connectivity index (χ2n) is 6.78. The Morgan fingerprint density at radius 2 is 1.57 bits per heavy atom. The molecule has 0 saturated heterocycles. The summed E-state index contributed by atoms with van der Waals surface area (Å²) < 4.78 is 5.28. The monoisotopic (exact) mass is 403 g/mol. The highest BCUT2D eigenvalue weighted by Crippen LogP contribution is 2.17. The van der Waals surface area contributed by atoms with Crippen LogP contribution in [-0.2, 0) is 17.8 Å². The zero-order valence-corrected chi connectivity index (χ0v) is 17.1. The standard InChI is InChI=1S/C24H25N3O3/c1-27(21-9-4-3-5-10-21)23(28)16-18-12-14-20(15-13-18)26-24(29)25-17-19-8-6-7-11-22(19)30-2/h3-15H,16-17H2,1-2H3,(H2,25,26,29). The predicted molar refractivity (Wildman–Crippen MR) is 119 cm³/mol. The molecule has 0 radical (unpaired) electrons. The fourth-order valence-electron chi connectivity index (χ4n) is 2.99. The molecule has 3 aromatic carbocycles. The Kier molecular flexibility index (Phi) is 7.05. The maximum atomic E-state index is 12.5. The van der Waals surface area contributed by atoms with Gasteiger partial charge in [0, 0.05) is 30.5 Å². The zero-order chi connectivity index (χ0) is 21.3. The number of carbonyl (C=O) groups excluding carboxylic acids is 2. The SMILES string of the molecule is COc1ccccc1CNC(=O)Nc1ccc(CC(=O)N(C)c2ccccc2)cc1. The summed E-state index contributed by atoms with van der Waals surface area (Å²) in [6.45, 7) is 0.355. The van der Waals surface area contributed by atoms with Crippen LogP contribution in [0.4, 0.5) is 16.2 Å². The summed E-state index contributed by atoms with van der Waals surface area (Å²) in [6.07, 6.45) is 0.283. The molecule has 0 saturated carbocycles. The Morgan fingerprint density at radius 3 is 2.27 bits per heavy atom. The van der Waals surface area contributed by atoms with Crippen LogP contribution in [0.2, 0.25) is 0 Å². The van der Waals surface area contributed by atoms with Gasteiger partial charge in [-0.15, -0.1) is 0 Å². The number of anilines is 2. The van der Waals surface area contributed by atoms with Crippen LogP contribution in [0.25, 0.3) is 0 Å². The maximum absolute atomic E-state index is 12.5. The first-order chi connectivity index (χ1) is 14.6. The number of benzene rings is 3. The first kappa shape index (κ1) is 20.9. The minimum Gasteiger partial charge on any atom is -0.496 e. The van der Waals surface area contributed by atoms with Crippen molar-refractivity contribution in [3.63, 3.8) is 0 Å². The quantitative estimate of drug-likeness (QED) is 0.620. The fraction of sp³-hybridized carbons (Fsp3) is 0.167. The van der Waals surface area contributed by atoms with E-state index in [-0.39, 0.29) is 18.4 Å². The molecule has 0 bridgehead atoms. The van der Waals surface area contributed by atoms with Gasteiger partial charge in [0.05, 0.1) is 13.5 Å². The third-order valence-corrected chi connectivity index (χ3v) is 4.72. The second-order valence-corrected chi connectivity index (χ2v) is 6.78. The zero-order valence-electron chi connectivity index (χ0n) is 17.1. The second kappa shape index (κ2) is 10.1. The molecule has 30 heavy (non-hydrogen) atoms. The first-order valence-corrected chi connectivity index (χ1v) is 9.64. The Balaban J connectivity index is 1.51. The van der Waals surface area contributed by atoms with Gasteiger partial charge in [0.25, 0.3) is 0 Å². The summed E-state index contributed by atoms with van der Waals surface area (Å²) in [5, 5.41) is 5.60. The van der Waals surface area contributed by atoms with E-state index >= 15 is 0 Å². The van der Waals surface area contributed by atoms with E-state index in [1.807, 2.05) is 66.7 Å². The van der Waals surface area contributed by atoms with Crippen LogP contribution in [0.3, 0.4) is 0 Å². The van der Waals surface area contributed by atoms with E-state index < -0.39 is 0 Å². The van der Waals surface area contributed by atoms with E-state index in [2.05, 4.69) is 10.6 Å². The number of hydrogen-bond donors (Lipinski definition) is 2. The molecule has 6 heteroatoms. The Hall–Kier alpha value is -3.80. The van der Waals surface area contributed by atoms with Crippen molar-refractivity contribution < 1.29 is 14.3 Å². The minimum atomic E-state index is -0.312. The lowest BCUT2D eigenvalue weighted by Crippen LogP contribution is -2.28. The summed E-state index contributed by atoms with van der Waals surface area (Å²) in [6, 6.07) is 24.0. The van der Waals surface area contributed by atoms with Gasteiger partial charge in [0.2, 0.25) is 5.91 Å². The highest BCUT2D eigenvalue weighted by Gasteiger charge is 2.11. The number of nitrogens with one attached hydrogen (secondary N) is 2. The average molecular weight is 403 g/mol. The maximum Gasteiger partial charge on any atom is 0.319 e. The van der Waals surface area contributed by atoms with E-state index in [0.717, 1.165) is 22.6 Å². The van der Waals surface area contributed by atoms with Crippen molar-refractivity contribution >= 4 is 23.3 Å². The molecule has 0 aromatic heterocycles. The molecule has 0 heterocycles. The molecule has 0 aliphatic carbocycles. The van der Waals surface area contributed by atoms with Crippen molar-refractivity contribution in [1.29, 1.82) is 0 Å². The molecule has 0 atom stereocenters. The van der Waals surface area contributed by atoms with Crippen molar-refractivity contribution in [3.05, 3.63) is 90.0 Å². The number of rotatable bonds is 7. The van der Waals surface area contributed by atoms with Crippen molar-refractivity contribution in [1.82, 2.24) is 5.32 Å². The molecular weight excluding hydrogens is 378 g/mol. The summed E-state index contributed by atoms with van der Waals surface area (Å²) in [5.74, 6) is 0.726. The van der Waals surface area contributed by atoms with E-state index in [1.165, 1.54) is 0 Å². The number of amides is 3. The van der Waals surface area contributed by atoms with Crippen LogP contribution in [0.1, 0.15) is 11.1 Å². The number of hydrogen-bond acceptors (Lipinski definition) is 3. The molecule has 3 amide bonds. The molecule has 0 aliphatic rings. The van der Waals surface area contributed by atoms with Crippen LogP contribution in [0, 0.1) is 0 Å². The van der Waals surface area contributed by atoms with Crippen molar-refractivity contribution in [2.45, 2.75) is 13.0 Å². The van der Waals surface area contributed by atoms with Crippen LogP contribution < -0.4 is 20.3 Å². The molecule has 3 rings (SSSR count). The minimum absolute atomic E-state index is 0.00328. The molecule has 0 aliphatic heterocycles. The molecule has 6 nitrogen and oxygen atoms in total. The van der Waals surface area contributed by atoms with E-state index in [4.69, 9.17) is 4.74 Å². The predicted octanol–water partition coefficient (Wildman–Crippen LogP) is 4.22. The highest BCUT2D eigenvalue weighted by molar-refractivity contribution is 5.94. The third-order valence-electron chi connectivity index (χ3n) is 4.72. The summed E-state index contributed by atoms with van der Waals surface area (Å²) in [5.41, 5.74) is 3.28. The number of likely N-dealkylation sites (N-methyl/N-ethyl adjacent to an activating group) is 1. The van der Waals surface area contributed by atoms with E-state index in [9.17, 15) is 9.59 Å². The van der Waals surface area contributed by atoms with Gasteiger partial charge in [-0.3, -0.25) is 4.79 Å². The number of ether oxygens (including phenoxy) is 1. The van der Waals surface area contributed by atoms with Gasteiger partial charge in [-0.25, -0.2) is 4.79 Å². The topological polar surface area (TPSA) is 70.7 Å². The van der Waals surface area contributed by atoms with Gasteiger partial charge >= 0.3 is 6.03 Å². The van der Waals surface area contributed by atoms with Crippen LogP contribution >= 0.6 is 0 Å². The first-order valence-electron chi connectivity index (χ1n) is 9.64. The average Bonchev–Trinajstić information content (AvgIpc) is 2.79. The van der Waals surface area contributed by atoms with Crippen molar-refractivity contribution in [2.75, 3.05) is 24.4 Å².